The van der Waals surface area contributed by atoms with E-state index in [0.717, 1.165) is 15.8 Å². The van der Waals surface area contributed by atoms with Gasteiger partial charge in [0.25, 0.3) is 0 Å². The van der Waals surface area contributed by atoms with Gasteiger partial charge in [-0.1, -0.05) is 34.1 Å². The molecule has 4 heteroatoms. The van der Waals surface area contributed by atoms with Gasteiger partial charge in [-0.2, -0.15) is 0 Å². The van der Waals surface area contributed by atoms with E-state index in [0.29, 0.717) is 5.56 Å². The van der Waals surface area contributed by atoms with Crippen LogP contribution < -0.4 is 4.74 Å². The van der Waals surface area contributed by atoms with Gasteiger partial charge in [0, 0.05) is 4.47 Å². The number of carboxylic acid groups (broad SMARTS) is 1. The van der Waals surface area contributed by atoms with Crippen molar-refractivity contribution in [2.24, 2.45) is 0 Å². The van der Waals surface area contributed by atoms with Crippen LogP contribution >= 0.6 is 15.9 Å². The highest BCUT2D eigenvalue weighted by atomic mass is 79.9. The average Bonchev–Trinajstić information content (AvgIpc) is 2.38. The van der Waals surface area contributed by atoms with E-state index >= 15 is 0 Å². The van der Waals surface area contributed by atoms with Gasteiger partial charge in [-0.15, -0.1) is 0 Å². The number of benzene rings is 2. The highest BCUT2D eigenvalue weighted by Gasteiger charge is 2.13. The number of carbonyl (C=O) groups is 1. The summed E-state index contributed by atoms with van der Waals surface area (Å²) < 4.78 is 6.39. The Morgan fingerprint density at radius 3 is 2.60 bits per heavy atom. The summed E-state index contributed by atoms with van der Waals surface area (Å²) in [6.07, 6.45) is 0.0779. The number of ether oxygens (including phenoxy) is 1. The van der Waals surface area contributed by atoms with Gasteiger partial charge in [-0.25, -0.2) is 4.79 Å². The summed E-state index contributed by atoms with van der Waals surface area (Å²) >= 11 is 3.30. The monoisotopic (exact) mass is 334 g/mol. The zero-order valence-corrected chi connectivity index (χ0v) is 12.8. The van der Waals surface area contributed by atoms with Crippen LogP contribution in [-0.4, -0.2) is 17.2 Å². The van der Waals surface area contributed by atoms with Crippen LogP contribution in [0.15, 0.2) is 46.9 Å². The number of halogens is 1. The Hall–Kier alpha value is -1.81. The molecule has 2 aromatic carbocycles. The molecule has 104 valence electrons. The molecule has 0 amide bonds. The number of rotatable bonds is 4. The van der Waals surface area contributed by atoms with E-state index in [9.17, 15) is 9.90 Å². The topological polar surface area (TPSA) is 46.5 Å². The fourth-order valence-corrected chi connectivity index (χ4v) is 2.32. The van der Waals surface area contributed by atoms with Crippen molar-refractivity contribution in [2.45, 2.75) is 20.0 Å². The lowest BCUT2D eigenvalue weighted by Gasteiger charge is -2.12. The Morgan fingerprint density at radius 1 is 1.20 bits per heavy atom. The summed E-state index contributed by atoms with van der Waals surface area (Å²) in [7, 11) is 0. The molecule has 0 heterocycles. The first kappa shape index (κ1) is 14.6. The summed E-state index contributed by atoms with van der Waals surface area (Å²) in [4.78, 5) is 11.4. The minimum absolute atomic E-state index is 0.0779. The molecule has 0 aromatic heterocycles. The van der Waals surface area contributed by atoms with Crippen molar-refractivity contribution in [3.8, 4) is 16.9 Å². The molecule has 0 fully saturated rings. The van der Waals surface area contributed by atoms with Gasteiger partial charge in [-0.3, -0.25) is 0 Å². The quantitative estimate of drug-likeness (QED) is 0.888. The van der Waals surface area contributed by atoms with Gasteiger partial charge in [0.1, 0.15) is 5.75 Å². The van der Waals surface area contributed by atoms with Gasteiger partial charge in [0.15, 0.2) is 0 Å². The Morgan fingerprint density at radius 2 is 1.95 bits per heavy atom. The van der Waals surface area contributed by atoms with Crippen LogP contribution in [-0.2, 0) is 0 Å². The van der Waals surface area contributed by atoms with Crippen LogP contribution in [0.25, 0.3) is 11.1 Å². The lowest BCUT2D eigenvalue weighted by molar-refractivity contribution is 0.0697. The van der Waals surface area contributed by atoms with Gasteiger partial charge < -0.3 is 9.84 Å². The summed E-state index contributed by atoms with van der Waals surface area (Å²) in [5, 5.41) is 9.31. The first-order chi connectivity index (χ1) is 9.47. The van der Waals surface area contributed by atoms with Crippen molar-refractivity contribution in [2.75, 3.05) is 0 Å². The number of hydrogen-bond acceptors (Lipinski definition) is 2. The van der Waals surface area contributed by atoms with Crippen LogP contribution in [0.1, 0.15) is 24.2 Å². The summed E-state index contributed by atoms with van der Waals surface area (Å²) in [5.74, 6) is -0.215. The molecule has 20 heavy (non-hydrogen) atoms. The molecule has 0 unspecified atom stereocenters. The molecule has 0 saturated heterocycles. The smallest absolute Gasteiger partial charge is 0.336 e. The second-order valence-electron chi connectivity index (χ2n) is 4.69. The summed E-state index contributed by atoms with van der Waals surface area (Å²) in [5.41, 5.74) is 1.77. The van der Waals surface area contributed by atoms with Crippen LogP contribution in [0.4, 0.5) is 0 Å². The maximum absolute atomic E-state index is 11.4. The molecular formula is C16H15BrO3. The predicted octanol–water partition coefficient (Wildman–Crippen LogP) is 4.60. The molecule has 0 aliphatic heterocycles. The maximum atomic E-state index is 11.4. The fraction of sp³-hybridized carbons (Fsp3) is 0.188. The van der Waals surface area contributed by atoms with Crippen molar-refractivity contribution in [1.82, 2.24) is 0 Å². The van der Waals surface area contributed by atoms with E-state index < -0.39 is 5.97 Å². The molecule has 2 aromatic rings. The lowest BCUT2D eigenvalue weighted by atomic mass is 9.99. The molecule has 2 rings (SSSR count). The number of carboxylic acids is 1. The highest BCUT2D eigenvalue weighted by molar-refractivity contribution is 9.10. The van der Waals surface area contributed by atoms with Crippen LogP contribution in [0.5, 0.6) is 5.75 Å². The lowest BCUT2D eigenvalue weighted by Crippen LogP contribution is -2.05. The second kappa shape index (κ2) is 6.09. The minimum atomic E-state index is -0.948. The van der Waals surface area contributed by atoms with E-state index in [4.69, 9.17) is 4.74 Å². The fourth-order valence-electron chi connectivity index (χ4n) is 1.95. The highest BCUT2D eigenvalue weighted by Crippen LogP contribution is 2.29. The molecule has 0 radical (unpaired) electrons. The third-order valence-electron chi connectivity index (χ3n) is 2.73. The molecule has 0 aliphatic rings. The molecule has 0 saturated carbocycles. The third-order valence-corrected chi connectivity index (χ3v) is 3.22. The van der Waals surface area contributed by atoms with Gasteiger partial charge in [0.05, 0.1) is 11.7 Å². The summed E-state index contributed by atoms with van der Waals surface area (Å²) in [6, 6.07) is 12.7. The van der Waals surface area contributed by atoms with E-state index in [2.05, 4.69) is 15.9 Å². The third kappa shape index (κ3) is 3.39. The normalized spacial score (nSPS) is 10.6. The SMILES string of the molecule is CC(C)Oc1cccc(-c2ccc(Br)cc2C(=O)O)c1. The van der Waals surface area contributed by atoms with Crippen LogP contribution in [0.3, 0.4) is 0 Å². The molecule has 3 nitrogen and oxygen atoms in total. The predicted molar refractivity (Wildman–Crippen MR) is 82.3 cm³/mol. The van der Waals surface area contributed by atoms with E-state index in [1.54, 1.807) is 12.1 Å². The number of hydrogen-bond donors (Lipinski definition) is 1. The largest absolute Gasteiger partial charge is 0.491 e. The van der Waals surface area contributed by atoms with Gasteiger partial charge in [-0.05, 0) is 49.2 Å². The first-order valence-electron chi connectivity index (χ1n) is 6.27. The minimum Gasteiger partial charge on any atom is -0.491 e. The Kier molecular flexibility index (Phi) is 4.45. The summed E-state index contributed by atoms with van der Waals surface area (Å²) in [6.45, 7) is 3.91. The second-order valence-corrected chi connectivity index (χ2v) is 5.61. The van der Waals surface area contributed by atoms with Crippen molar-refractivity contribution >= 4 is 21.9 Å². The van der Waals surface area contributed by atoms with E-state index in [-0.39, 0.29) is 11.7 Å². The molecule has 0 aliphatic carbocycles. The maximum Gasteiger partial charge on any atom is 0.336 e. The zero-order chi connectivity index (χ0) is 14.7. The van der Waals surface area contributed by atoms with E-state index in [1.165, 1.54) is 0 Å². The zero-order valence-electron chi connectivity index (χ0n) is 11.3. The van der Waals surface area contributed by atoms with Crippen molar-refractivity contribution in [3.63, 3.8) is 0 Å². The van der Waals surface area contributed by atoms with Gasteiger partial charge in [0.2, 0.25) is 0 Å². The Balaban J connectivity index is 2.48. The van der Waals surface area contributed by atoms with Crippen molar-refractivity contribution < 1.29 is 14.6 Å². The number of aromatic carboxylic acids is 1. The van der Waals surface area contributed by atoms with Crippen LogP contribution in [0.2, 0.25) is 0 Å². The van der Waals surface area contributed by atoms with E-state index in [1.807, 2.05) is 44.2 Å². The Bertz CT molecular complexity index is 635. The van der Waals surface area contributed by atoms with Gasteiger partial charge >= 0.3 is 5.97 Å². The van der Waals surface area contributed by atoms with Crippen LogP contribution in [0, 0.1) is 0 Å². The molecule has 1 N–H and O–H groups in total. The van der Waals surface area contributed by atoms with Crippen molar-refractivity contribution in [1.29, 1.82) is 0 Å². The first-order valence-corrected chi connectivity index (χ1v) is 7.06. The Labute approximate surface area is 126 Å². The molecule has 0 bridgehead atoms. The molecule has 0 atom stereocenters. The molecule has 0 spiro atoms. The van der Waals surface area contributed by atoms with Crippen molar-refractivity contribution in [3.05, 3.63) is 52.5 Å². The standard InChI is InChI=1S/C16H15BrO3/c1-10(2)20-13-5-3-4-11(8-13)14-7-6-12(17)9-15(14)16(18)19/h3-10H,1-2H3,(H,18,19). The average molecular weight is 335 g/mol. The molecular weight excluding hydrogens is 320 g/mol.